The minimum atomic E-state index is -0.528. The number of ketones is 1. The first-order valence-electron chi connectivity index (χ1n) is 7.74. The third kappa shape index (κ3) is 1.89. The van der Waals surface area contributed by atoms with Crippen molar-refractivity contribution in [3.8, 4) is 5.75 Å². The van der Waals surface area contributed by atoms with Crippen molar-refractivity contribution in [2.45, 2.75) is 31.8 Å². The molecule has 2 aliphatic carbocycles. The molecule has 0 radical (unpaired) electrons. The van der Waals surface area contributed by atoms with E-state index in [1.807, 2.05) is 6.92 Å². The Morgan fingerprint density at radius 1 is 1.50 bits per heavy atom. The van der Waals surface area contributed by atoms with Gasteiger partial charge in [0.2, 0.25) is 0 Å². The van der Waals surface area contributed by atoms with E-state index >= 15 is 0 Å². The first kappa shape index (κ1) is 14.1. The number of hydrogen-bond acceptors (Lipinski definition) is 4. The van der Waals surface area contributed by atoms with Crippen LogP contribution >= 0.6 is 11.6 Å². The van der Waals surface area contributed by atoms with Crippen LogP contribution in [0.1, 0.15) is 36.5 Å². The Morgan fingerprint density at radius 2 is 2.32 bits per heavy atom. The van der Waals surface area contributed by atoms with Crippen LogP contribution in [0.2, 0.25) is 5.02 Å². The molecule has 0 N–H and O–H groups in total. The molecule has 1 spiro atoms. The van der Waals surface area contributed by atoms with Crippen molar-refractivity contribution in [3.05, 3.63) is 28.8 Å². The maximum atomic E-state index is 12.5. The monoisotopic (exact) mass is 320 g/mol. The summed E-state index contributed by atoms with van der Waals surface area (Å²) in [5.74, 6) is 0.819. The molecule has 1 aromatic rings. The molecule has 0 aromatic heterocycles. The van der Waals surface area contributed by atoms with Crippen molar-refractivity contribution >= 4 is 23.4 Å². The van der Waals surface area contributed by atoms with Gasteiger partial charge >= 0.3 is 5.97 Å². The number of esters is 1. The first-order valence-corrected chi connectivity index (χ1v) is 8.12. The number of ether oxygens (including phenoxy) is 2. The number of benzene rings is 1. The lowest BCUT2D eigenvalue weighted by atomic mass is 9.84. The molecule has 1 aliphatic heterocycles. The van der Waals surface area contributed by atoms with Crippen molar-refractivity contribution in [2.24, 2.45) is 17.8 Å². The van der Waals surface area contributed by atoms with Crippen LogP contribution in [0.15, 0.2) is 18.2 Å². The van der Waals surface area contributed by atoms with Gasteiger partial charge in [0.25, 0.3) is 0 Å². The fraction of sp³-hybridized carbons (Fsp3) is 0.529. The van der Waals surface area contributed by atoms with Gasteiger partial charge in [0.15, 0.2) is 5.78 Å². The van der Waals surface area contributed by atoms with E-state index < -0.39 is 5.60 Å². The molecule has 3 aliphatic rings. The van der Waals surface area contributed by atoms with Gasteiger partial charge in [-0.15, -0.1) is 0 Å². The standard InChI is InChI=1S/C17H17ClO4/c1-2-21-16(20)14-10-5-6-17(15(10)14)8-12(19)11-7-9(18)3-4-13(11)22-17/h3-4,7,10,14-15H,2,5-6,8H2,1H3/t10-,14+,15+,17+/m0/s1. The van der Waals surface area contributed by atoms with E-state index in [0.29, 0.717) is 35.3 Å². The molecule has 4 nitrogen and oxygen atoms in total. The van der Waals surface area contributed by atoms with Gasteiger partial charge in [-0.1, -0.05) is 11.6 Å². The molecular weight excluding hydrogens is 304 g/mol. The zero-order valence-corrected chi connectivity index (χ0v) is 13.1. The van der Waals surface area contributed by atoms with Crippen LogP contribution in [0.4, 0.5) is 0 Å². The fourth-order valence-electron chi connectivity index (χ4n) is 4.34. The van der Waals surface area contributed by atoms with Crippen LogP contribution in [0.25, 0.3) is 0 Å². The van der Waals surface area contributed by atoms with Crippen LogP contribution in [0.3, 0.4) is 0 Å². The Morgan fingerprint density at radius 3 is 3.09 bits per heavy atom. The molecule has 4 atom stereocenters. The minimum absolute atomic E-state index is 0.0545. The molecule has 5 heteroatoms. The van der Waals surface area contributed by atoms with Crippen molar-refractivity contribution in [2.75, 3.05) is 6.61 Å². The Balaban J connectivity index is 1.63. The Kier molecular flexibility index (Phi) is 3.02. The number of carbonyl (C=O) groups is 2. The van der Waals surface area contributed by atoms with E-state index in [2.05, 4.69) is 0 Å². The van der Waals surface area contributed by atoms with E-state index in [9.17, 15) is 9.59 Å². The summed E-state index contributed by atoms with van der Waals surface area (Å²) in [5.41, 5.74) is 0.0231. The van der Waals surface area contributed by atoms with E-state index in [4.69, 9.17) is 21.1 Å². The number of halogens is 1. The highest BCUT2D eigenvalue weighted by molar-refractivity contribution is 6.31. The summed E-state index contributed by atoms with van der Waals surface area (Å²) in [5, 5.41) is 0.534. The quantitative estimate of drug-likeness (QED) is 0.785. The lowest BCUT2D eigenvalue weighted by Gasteiger charge is -2.37. The molecule has 22 heavy (non-hydrogen) atoms. The van der Waals surface area contributed by atoms with Crippen molar-refractivity contribution < 1.29 is 19.1 Å². The predicted octanol–water partition coefficient (Wildman–Crippen LogP) is 3.26. The smallest absolute Gasteiger partial charge is 0.309 e. The van der Waals surface area contributed by atoms with Gasteiger partial charge < -0.3 is 9.47 Å². The van der Waals surface area contributed by atoms with Crippen LogP contribution in [0.5, 0.6) is 5.75 Å². The first-order chi connectivity index (χ1) is 10.6. The van der Waals surface area contributed by atoms with Crippen LogP contribution < -0.4 is 4.74 Å². The normalized spacial score (nSPS) is 34.8. The minimum Gasteiger partial charge on any atom is -0.486 e. The molecular formula is C17H17ClO4. The van der Waals surface area contributed by atoms with E-state index in [1.54, 1.807) is 18.2 Å². The molecule has 0 amide bonds. The van der Waals surface area contributed by atoms with Gasteiger partial charge in [0.1, 0.15) is 11.4 Å². The van der Waals surface area contributed by atoms with Crippen LogP contribution in [0, 0.1) is 17.8 Å². The summed E-state index contributed by atoms with van der Waals surface area (Å²) in [6.07, 6.45) is 2.08. The zero-order chi connectivity index (χ0) is 15.5. The molecule has 0 saturated heterocycles. The number of rotatable bonds is 2. The van der Waals surface area contributed by atoms with Crippen molar-refractivity contribution in [1.29, 1.82) is 0 Å². The Bertz CT molecular complexity index is 671. The number of hydrogen-bond donors (Lipinski definition) is 0. The second-order valence-corrected chi connectivity index (χ2v) is 6.85. The van der Waals surface area contributed by atoms with Gasteiger partial charge in [-0.3, -0.25) is 9.59 Å². The fourth-order valence-corrected chi connectivity index (χ4v) is 4.52. The highest BCUT2D eigenvalue weighted by atomic mass is 35.5. The highest BCUT2D eigenvalue weighted by Gasteiger charge is 2.71. The maximum Gasteiger partial charge on any atom is 0.309 e. The van der Waals surface area contributed by atoms with Crippen molar-refractivity contribution in [3.63, 3.8) is 0 Å². The average Bonchev–Trinajstić information content (AvgIpc) is 3.13. The molecule has 116 valence electrons. The van der Waals surface area contributed by atoms with Crippen LogP contribution in [-0.2, 0) is 9.53 Å². The number of fused-ring (bicyclic) bond motifs is 3. The van der Waals surface area contributed by atoms with Gasteiger partial charge in [-0.05, 0) is 43.9 Å². The molecule has 1 heterocycles. The predicted molar refractivity (Wildman–Crippen MR) is 80.1 cm³/mol. The molecule has 1 aromatic carbocycles. The van der Waals surface area contributed by atoms with E-state index in [-0.39, 0.29) is 23.6 Å². The van der Waals surface area contributed by atoms with Gasteiger partial charge in [-0.25, -0.2) is 0 Å². The largest absolute Gasteiger partial charge is 0.486 e. The third-order valence-electron chi connectivity index (χ3n) is 5.25. The Hall–Kier alpha value is -1.55. The molecule has 0 unspecified atom stereocenters. The lowest BCUT2D eigenvalue weighted by molar-refractivity contribution is -0.146. The average molecular weight is 321 g/mol. The SMILES string of the molecule is CCOC(=O)[C@@H]1[C@@H]2CC[C@@]3(CC(=O)c4cc(Cl)ccc4O3)[C@H]21. The summed E-state index contributed by atoms with van der Waals surface area (Å²) >= 11 is 5.96. The third-order valence-corrected chi connectivity index (χ3v) is 5.49. The topological polar surface area (TPSA) is 52.6 Å². The van der Waals surface area contributed by atoms with Crippen molar-refractivity contribution in [1.82, 2.24) is 0 Å². The summed E-state index contributed by atoms with van der Waals surface area (Å²) in [6, 6.07) is 5.15. The van der Waals surface area contributed by atoms with Gasteiger partial charge in [-0.2, -0.15) is 0 Å². The highest BCUT2D eigenvalue weighted by Crippen LogP contribution is 2.66. The van der Waals surface area contributed by atoms with Gasteiger partial charge in [0, 0.05) is 10.9 Å². The number of Topliss-reactive ketones (excluding diaryl/α,β-unsaturated/α-hetero) is 1. The summed E-state index contributed by atoms with van der Waals surface area (Å²) in [7, 11) is 0. The van der Waals surface area contributed by atoms with Crippen LogP contribution in [-0.4, -0.2) is 24.0 Å². The van der Waals surface area contributed by atoms with E-state index in [1.165, 1.54) is 0 Å². The second kappa shape index (κ2) is 4.72. The lowest BCUT2D eigenvalue weighted by Crippen LogP contribution is -2.43. The zero-order valence-electron chi connectivity index (χ0n) is 12.3. The second-order valence-electron chi connectivity index (χ2n) is 6.41. The summed E-state index contributed by atoms with van der Waals surface area (Å²) in [6.45, 7) is 2.20. The summed E-state index contributed by atoms with van der Waals surface area (Å²) in [4.78, 5) is 24.5. The molecule has 2 fully saturated rings. The number of carbonyl (C=O) groups excluding carboxylic acids is 2. The van der Waals surface area contributed by atoms with E-state index in [0.717, 1.165) is 12.8 Å². The van der Waals surface area contributed by atoms with Gasteiger partial charge in [0.05, 0.1) is 24.5 Å². The molecule has 2 saturated carbocycles. The molecule has 4 rings (SSSR count). The molecule has 0 bridgehead atoms. The maximum absolute atomic E-state index is 12.5. The Labute approximate surface area is 133 Å². The summed E-state index contributed by atoms with van der Waals surface area (Å²) < 4.78 is 11.4.